The van der Waals surface area contributed by atoms with E-state index >= 15 is 0 Å². The standard InChI is InChI=1S/C11H13NO.C9H11N/c1-9(13)12-7-6-10-4-2-3-5-11(10)8-12;1-2-4-9-7-10-6-5-8(9)3-1/h2-5H,6-8H2,1H3;1-4,10H,5-7H2. The van der Waals surface area contributed by atoms with Crippen LogP contribution >= 0.6 is 0 Å². The zero-order valence-electron chi connectivity index (χ0n) is 13.7. The second-order valence-electron chi connectivity index (χ2n) is 6.15. The van der Waals surface area contributed by atoms with Crippen LogP contribution < -0.4 is 5.32 Å². The number of benzene rings is 2. The molecular formula is C20H24N2O. The van der Waals surface area contributed by atoms with Crippen LogP contribution in [0, 0.1) is 0 Å². The number of nitrogens with zero attached hydrogens (tertiary/aromatic N) is 1. The molecule has 2 aliphatic heterocycles. The summed E-state index contributed by atoms with van der Waals surface area (Å²) in [5.41, 5.74) is 5.67. The molecule has 2 aromatic carbocycles. The van der Waals surface area contributed by atoms with E-state index in [9.17, 15) is 4.79 Å². The van der Waals surface area contributed by atoms with Crippen molar-refractivity contribution in [1.82, 2.24) is 10.2 Å². The number of carbonyl (C=O) groups is 1. The Bertz CT molecular complexity index is 656. The molecule has 2 heterocycles. The molecular weight excluding hydrogens is 284 g/mol. The van der Waals surface area contributed by atoms with E-state index in [1.807, 2.05) is 11.0 Å². The largest absolute Gasteiger partial charge is 0.338 e. The smallest absolute Gasteiger partial charge is 0.219 e. The maximum atomic E-state index is 11.1. The maximum Gasteiger partial charge on any atom is 0.219 e. The van der Waals surface area contributed by atoms with Gasteiger partial charge in [0.1, 0.15) is 0 Å². The summed E-state index contributed by atoms with van der Waals surface area (Å²) < 4.78 is 0. The highest BCUT2D eigenvalue weighted by Gasteiger charge is 2.16. The first kappa shape index (κ1) is 15.8. The third-order valence-electron chi connectivity index (χ3n) is 4.58. The molecule has 0 aromatic heterocycles. The van der Waals surface area contributed by atoms with Gasteiger partial charge in [-0.05, 0) is 41.6 Å². The predicted octanol–water partition coefficient (Wildman–Crippen LogP) is 2.92. The van der Waals surface area contributed by atoms with Crippen molar-refractivity contribution in [2.24, 2.45) is 0 Å². The number of hydrogen-bond acceptors (Lipinski definition) is 2. The fourth-order valence-corrected chi connectivity index (χ4v) is 3.18. The van der Waals surface area contributed by atoms with E-state index in [0.717, 1.165) is 32.6 Å². The van der Waals surface area contributed by atoms with Crippen molar-refractivity contribution in [2.75, 3.05) is 13.1 Å². The van der Waals surface area contributed by atoms with Gasteiger partial charge in [0.05, 0.1) is 0 Å². The fraction of sp³-hybridized carbons (Fsp3) is 0.350. The van der Waals surface area contributed by atoms with E-state index in [2.05, 4.69) is 47.8 Å². The van der Waals surface area contributed by atoms with Gasteiger partial charge in [-0.15, -0.1) is 0 Å². The van der Waals surface area contributed by atoms with Gasteiger partial charge >= 0.3 is 0 Å². The average Bonchev–Trinajstić information content (AvgIpc) is 2.62. The first-order chi connectivity index (χ1) is 11.2. The maximum absolute atomic E-state index is 11.1. The topological polar surface area (TPSA) is 32.3 Å². The number of carbonyl (C=O) groups excluding carboxylic acids is 1. The summed E-state index contributed by atoms with van der Waals surface area (Å²) in [5.74, 6) is 0.175. The average molecular weight is 308 g/mol. The Balaban J connectivity index is 0.000000140. The minimum atomic E-state index is 0.175. The molecule has 1 N–H and O–H groups in total. The van der Waals surface area contributed by atoms with E-state index in [-0.39, 0.29) is 5.91 Å². The molecule has 3 nitrogen and oxygen atoms in total. The van der Waals surface area contributed by atoms with Gasteiger partial charge in [0.2, 0.25) is 5.91 Å². The van der Waals surface area contributed by atoms with Crippen LogP contribution in [0.15, 0.2) is 48.5 Å². The molecule has 2 aliphatic rings. The van der Waals surface area contributed by atoms with E-state index in [1.165, 1.54) is 28.7 Å². The zero-order chi connectivity index (χ0) is 16.1. The van der Waals surface area contributed by atoms with Gasteiger partial charge in [0.15, 0.2) is 0 Å². The van der Waals surface area contributed by atoms with Gasteiger partial charge in [-0.2, -0.15) is 0 Å². The molecule has 0 saturated heterocycles. The van der Waals surface area contributed by atoms with Crippen LogP contribution in [0.3, 0.4) is 0 Å². The van der Waals surface area contributed by atoms with Gasteiger partial charge < -0.3 is 10.2 Å². The Morgan fingerprint density at radius 3 is 2.17 bits per heavy atom. The van der Waals surface area contributed by atoms with E-state index in [4.69, 9.17) is 0 Å². The highest BCUT2D eigenvalue weighted by atomic mass is 16.2. The van der Waals surface area contributed by atoms with Crippen molar-refractivity contribution in [3.05, 3.63) is 70.8 Å². The summed E-state index contributed by atoms with van der Waals surface area (Å²) in [4.78, 5) is 13.0. The second-order valence-corrected chi connectivity index (χ2v) is 6.15. The van der Waals surface area contributed by atoms with E-state index in [0.29, 0.717) is 0 Å². The molecule has 0 spiro atoms. The number of hydrogen-bond donors (Lipinski definition) is 1. The van der Waals surface area contributed by atoms with Gasteiger partial charge in [-0.1, -0.05) is 48.5 Å². The van der Waals surface area contributed by atoms with Gasteiger partial charge in [-0.3, -0.25) is 4.79 Å². The third-order valence-corrected chi connectivity index (χ3v) is 4.58. The van der Waals surface area contributed by atoms with Crippen molar-refractivity contribution in [1.29, 1.82) is 0 Å². The normalized spacial score (nSPS) is 15.8. The summed E-state index contributed by atoms with van der Waals surface area (Å²) in [6.07, 6.45) is 2.19. The monoisotopic (exact) mass is 308 g/mol. The molecule has 2 aromatic rings. The van der Waals surface area contributed by atoms with Crippen LogP contribution in [0.2, 0.25) is 0 Å². The van der Waals surface area contributed by atoms with Gasteiger partial charge in [-0.25, -0.2) is 0 Å². The van der Waals surface area contributed by atoms with Crippen molar-refractivity contribution in [3.8, 4) is 0 Å². The number of nitrogens with one attached hydrogen (secondary N) is 1. The van der Waals surface area contributed by atoms with Crippen LogP contribution in [-0.4, -0.2) is 23.9 Å². The minimum absolute atomic E-state index is 0.175. The molecule has 4 rings (SSSR count). The van der Waals surface area contributed by atoms with Crippen LogP contribution in [0.1, 0.15) is 29.2 Å². The fourth-order valence-electron chi connectivity index (χ4n) is 3.18. The second kappa shape index (κ2) is 7.42. The summed E-state index contributed by atoms with van der Waals surface area (Å²) in [6, 6.07) is 17.0. The first-order valence-electron chi connectivity index (χ1n) is 8.34. The quantitative estimate of drug-likeness (QED) is 0.811. The first-order valence-corrected chi connectivity index (χ1v) is 8.34. The van der Waals surface area contributed by atoms with Crippen LogP contribution in [0.25, 0.3) is 0 Å². The van der Waals surface area contributed by atoms with Crippen molar-refractivity contribution >= 4 is 5.91 Å². The Morgan fingerprint density at radius 2 is 1.52 bits per heavy atom. The van der Waals surface area contributed by atoms with Gasteiger partial charge in [0.25, 0.3) is 0 Å². The van der Waals surface area contributed by atoms with Crippen molar-refractivity contribution < 1.29 is 4.79 Å². The predicted molar refractivity (Wildman–Crippen MR) is 93.1 cm³/mol. The van der Waals surface area contributed by atoms with Crippen LogP contribution in [0.4, 0.5) is 0 Å². The molecule has 0 radical (unpaired) electrons. The lowest BCUT2D eigenvalue weighted by atomic mass is 10.00. The summed E-state index contributed by atoms with van der Waals surface area (Å²) in [7, 11) is 0. The third kappa shape index (κ3) is 3.99. The number of fused-ring (bicyclic) bond motifs is 2. The summed E-state index contributed by atoms with van der Waals surface area (Å²) in [6.45, 7) is 5.47. The lowest BCUT2D eigenvalue weighted by Gasteiger charge is -2.27. The highest BCUT2D eigenvalue weighted by molar-refractivity contribution is 5.73. The molecule has 120 valence electrons. The summed E-state index contributed by atoms with van der Waals surface area (Å²) >= 11 is 0. The molecule has 0 aliphatic carbocycles. The van der Waals surface area contributed by atoms with Crippen molar-refractivity contribution in [2.45, 2.75) is 32.9 Å². The Kier molecular flexibility index (Phi) is 5.09. The Morgan fingerprint density at radius 1 is 0.913 bits per heavy atom. The molecule has 0 unspecified atom stereocenters. The molecule has 23 heavy (non-hydrogen) atoms. The van der Waals surface area contributed by atoms with Gasteiger partial charge in [0, 0.05) is 26.6 Å². The summed E-state index contributed by atoms with van der Waals surface area (Å²) in [5, 5.41) is 3.34. The molecule has 0 fully saturated rings. The van der Waals surface area contributed by atoms with Crippen LogP contribution in [0.5, 0.6) is 0 Å². The number of amides is 1. The minimum Gasteiger partial charge on any atom is -0.338 e. The van der Waals surface area contributed by atoms with E-state index in [1.54, 1.807) is 6.92 Å². The Labute approximate surface area is 138 Å². The number of rotatable bonds is 0. The lowest BCUT2D eigenvalue weighted by molar-refractivity contribution is -0.129. The molecule has 0 saturated carbocycles. The molecule has 1 amide bonds. The Hall–Kier alpha value is -2.13. The zero-order valence-corrected chi connectivity index (χ0v) is 13.7. The molecule has 3 heteroatoms. The van der Waals surface area contributed by atoms with Crippen LogP contribution in [-0.2, 0) is 30.7 Å². The lowest BCUT2D eigenvalue weighted by Crippen LogP contribution is -2.34. The SMILES string of the molecule is CC(=O)N1CCc2ccccc2C1.c1ccc2c(c1)CCNC2. The van der Waals surface area contributed by atoms with E-state index < -0.39 is 0 Å². The highest BCUT2D eigenvalue weighted by Crippen LogP contribution is 2.18. The molecule has 0 atom stereocenters. The molecule has 0 bridgehead atoms. The van der Waals surface area contributed by atoms with Crippen molar-refractivity contribution in [3.63, 3.8) is 0 Å².